The number of alkyl halides is 3. The molecule has 1 rings (SSSR count). The van der Waals surface area contributed by atoms with Gasteiger partial charge >= 0.3 is 6.36 Å². The lowest BCUT2D eigenvalue weighted by Gasteiger charge is -2.12. The van der Waals surface area contributed by atoms with Crippen molar-refractivity contribution >= 4 is 0 Å². The van der Waals surface area contributed by atoms with E-state index in [1.807, 2.05) is 0 Å². The maximum absolute atomic E-state index is 13.2. The summed E-state index contributed by atoms with van der Waals surface area (Å²) in [5, 5.41) is 8.68. The smallest absolute Gasteiger partial charge is 0.406 e. The molecule has 0 aromatic heterocycles. The fourth-order valence-electron chi connectivity index (χ4n) is 1.25. The van der Waals surface area contributed by atoms with E-state index >= 15 is 0 Å². The molecule has 0 bridgehead atoms. The Labute approximate surface area is 94.8 Å². The molecule has 7 heteroatoms. The van der Waals surface area contributed by atoms with Crippen LogP contribution in [0.2, 0.25) is 0 Å². The maximum Gasteiger partial charge on any atom is 0.573 e. The van der Waals surface area contributed by atoms with Crippen LogP contribution in [0, 0.1) is 5.82 Å². The average Bonchev–Trinajstić information content (AvgIpc) is 2.20. The van der Waals surface area contributed by atoms with Gasteiger partial charge in [-0.2, -0.15) is 0 Å². The van der Waals surface area contributed by atoms with E-state index in [1.54, 1.807) is 0 Å². The molecule has 0 aliphatic heterocycles. The number of ether oxygens (including phenoxy) is 1. The summed E-state index contributed by atoms with van der Waals surface area (Å²) in [6.07, 6.45) is -4.90. The first kappa shape index (κ1) is 13.7. The van der Waals surface area contributed by atoms with Gasteiger partial charge in [-0.15, -0.1) is 13.2 Å². The van der Waals surface area contributed by atoms with Crippen LogP contribution in [0.25, 0.3) is 0 Å². The second-order valence-corrected chi connectivity index (χ2v) is 3.45. The molecule has 96 valence electrons. The number of aliphatic hydroxyl groups is 1. The molecule has 0 saturated carbocycles. The van der Waals surface area contributed by atoms with Gasteiger partial charge in [0.25, 0.3) is 0 Å². The van der Waals surface area contributed by atoms with Crippen molar-refractivity contribution in [2.75, 3.05) is 6.61 Å². The van der Waals surface area contributed by atoms with Gasteiger partial charge in [-0.05, 0) is 30.2 Å². The highest BCUT2D eigenvalue weighted by Gasteiger charge is 2.31. The highest BCUT2D eigenvalue weighted by Crippen LogP contribution is 2.25. The molecule has 0 fully saturated rings. The summed E-state index contributed by atoms with van der Waals surface area (Å²) in [6, 6.07) is 1.92. The molecular formula is C10H11F4NO2. The van der Waals surface area contributed by atoms with Gasteiger partial charge in [0.2, 0.25) is 0 Å². The van der Waals surface area contributed by atoms with E-state index in [0.29, 0.717) is 0 Å². The Kier molecular flexibility index (Phi) is 4.30. The first-order valence-electron chi connectivity index (χ1n) is 4.72. The molecule has 0 aliphatic carbocycles. The molecule has 3 nitrogen and oxygen atoms in total. The van der Waals surface area contributed by atoms with Gasteiger partial charge < -0.3 is 15.6 Å². The van der Waals surface area contributed by atoms with Crippen molar-refractivity contribution in [1.29, 1.82) is 0 Å². The van der Waals surface area contributed by atoms with Crippen LogP contribution in [0.5, 0.6) is 5.75 Å². The van der Waals surface area contributed by atoms with Crippen LogP contribution >= 0.6 is 0 Å². The Morgan fingerprint density at radius 2 is 2.00 bits per heavy atom. The molecule has 1 aromatic carbocycles. The first-order chi connectivity index (χ1) is 7.81. The van der Waals surface area contributed by atoms with Crippen molar-refractivity contribution in [3.63, 3.8) is 0 Å². The summed E-state index contributed by atoms with van der Waals surface area (Å²) in [5.41, 5.74) is 5.34. The third kappa shape index (κ3) is 4.58. The fraction of sp³-hybridized carbons (Fsp3) is 0.400. The van der Waals surface area contributed by atoms with Crippen molar-refractivity contribution in [2.24, 2.45) is 5.73 Å². The summed E-state index contributed by atoms with van der Waals surface area (Å²) in [6.45, 7) is -0.385. The average molecular weight is 253 g/mol. The van der Waals surface area contributed by atoms with E-state index in [4.69, 9.17) is 10.8 Å². The molecule has 0 radical (unpaired) electrons. The van der Waals surface area contributed by atoms with E-state index in [0.717, 1.165) is 18.2 Å². The number of hydrogen-bond acceptors (Lipinski definition) is 3. The Bertz CT molecular complexity index is 381. The van der Waals surface area contributed by atoms with Gasteiger partial charge in [-0.25, -0.2) is 4.39 Å². The van der Waals surface area contributed by atoms with Gasteiger partial charge in [0.05, 0.1) is 6.61 Å². The molecule has 0 spiro atoms. The fourth-order valence-corrected chi connectivity index (χ4v) is 1.25. The van der Waals surface area contributed by atoms with Gasteiger partial charge in [0.15, 0.2) is 0 Å². The van der Waals surface area contributed by atoms with Crippen LogP contribution in [0.15, 0.2) is 18.2 Å². The van der Waals surface area contributed by atoms with Crippen LogP contribution < -0.4 is 10.5 Å². The van der Waals surface area contributed by atoms with Gasteiger partial charge in [-0.1, -0.05) is 0 Å². The van der Waals surface area contributed by atoms with E-state index in [1.165, 1.54) is 0 Å². The van der Waals surface area contributed by atoms with Crippen molar-refractivity contribution in [2.45, 2.75) is 18.8 Å². The summed E-state index contributed by atoms with van der Waals surface area (Å²) in [7, 11) is 0. The maximum atomic E-state index is 13.2. The van der Waals surface area contributed by atoms with Crippen molar-refractivity contribution in [3.05, 3.63) is 29.6 Å². The molecule has 17 heavy (non-hydrogen) atoms. The van der Waals surface area contributed by atoms with Crippen LogP contribution in [0.3, 0.4) is 0 Å². The van der Waals surface area contributed by atoms with Crippen molar-refractivity contribution in [1.82, 2.24) is 0 Å². The number of halogens is 4. The predicted octanol–water partition coefficient (Wildman–Crippen LogP) is 1.59. The third-order valence-electron chi connectivity index (χ3n) is 1.97. The summed E-state index contributed by atoms with van der Waals surface area (Å²) >= 11 is 0. The number of nitrogens with two attached hydrogens (primary N) is 1. The lowest BCUT2D eigenvalue weighted by molar-refractivity contribution is -0.274. The Morgan fingerprint density at radius 1 is 1.35 bits per heavy atom. The second-order valence-electron chi connectivity index (χ2n) is 3.45. The minimum absolute atomic E-state index is 0.0340. The number of hydrogen-bond donors (Lipinski definition) is 2. The van der Waals surface area contributed by atoms with E-state index in [9.17, 15) is 17.6 Å². The first-order valence-corrected chi connectivity index (χ1v) is 4.72. The predicted molar refractivity (Wildman–Crippen MR) is 51.8 cm³/mol. The summed E-state index contributed by atoms with van der Waals surface area (Å²) in [4.78, 5) is 0. The SMILES string of the molecule is NC(CO)Cc1cc(OC(F)(F)F)ccc1F. The molecule has 0 amide bonds. The van der Waals surface area contributed by atoms with Crippen LogP contribution in [0.4, 0.5) is 17.6 Å². The lowest BCUT2D eigenvalue weighted by Crippen LogP contribution is -2.27. The van der Waals surface area contributed by atoms with E-state index in [2.05, 4.69) is 4.74 Å². The topological polar surface area (TPSA) is 55.5 Å². The quantitative estimate of drug-likeness (QED) is 0.801. The molecule has 0 saturated heterocycles. The van der Waals surface area contributed by atoms with Crippen LogP contribution in [-0.2, 0) is 6.42 Å². The van der Waals surface area contributed by atoms with E-state index in [-0.39, 0.29) is 18.6 Å². The van der Waals surface area contributed by atoms with Crippen LogP contribution in [-0.4, -0.2) is 24.1 Å². The molecule has 3 N–H and O–H groups in total. The largest absolute Gasteiger partial charge is 0.573 e. The number of rotatable bonds is 4. The Balaban J connectivity index is 2.86. The monoisotopic (exact) mass is 253 g/mol. The summed E-state index contributed by atoms with van der Waals surface area (Å²) < 4.78 is 52.6. The molecule has 0 aliphatic rings. The highest BCUT2D eigenvalue weighted by atomic mass is 19.4. The standard InChI is InChI=1S/C10H11F4NO2/c11-9-2-1-8(17-10(12,13)14)4-6(9)3-7(15)5-16/h1-2,4,7,16H,3,5,15H2. The number of aliphatic hydroxyl groups excluding tert-OH is 1. The molecule has 0 heterocycles. The number of benzene rings is 1. The Morgan fingerprint density at radius 3 is 2.53 bits per heavy atom. The normalized spacial score (nSPS) is 13.5. The zero-order chi connectivity index (χ0) is 13.1. The van der Waals surface area contributed by atoms with Gasteiger partial charge in [0, 0.05) is 6.04 Å². The molecular weight excluding hydrogens is 242 g/mol. The van der Waals surface area contributed by atoms with Crippen LogP contribution in [0.1, 0.15) is 5.56 Å². The molecule has 1 aromatic rings. The minimum atomic E-state index is -4.83. The second kappa shape index (κ2) is 5.33. The van der Waals surface area contributed by atoms with Crippen molar-refractivity contribution in [3.8, 4) is 5.75 Å². The molecule has 1 atom stereocenters. The van der Waals surface area contributed by atoms with Gasteiger partial charge in [0.1, 0.15) is 11.6 Å². The van der Waals surface area contributed by atoms with Gasteiger partial charge in [-0.3, -0.25) is 0 Å². The van der Waals surface area contributed by atoms with E-state index < -0.39 is 24.0 Å². The molecule has 1 unspecified atom stereocenters. The zero-order valence-corrected chi connectivity index (χ0v) is 8.67. The lowest BCUT2D eigenvalue weighted by atomic mass is 10.1. The highest BCUT2D eigenvalue weighted by molar-refractivity contribution is 5.30. The summed E-state index contributed by atoms with van der Waals surface area (Å²) in [5.74, 6) is -1.21. The zero-order valence-electron chi connectivity index (χ0n) is 8.67. The Hall–Kier alpha value is -1.34. The minimum Gasteiger partial charge on any atom is -0.406 e. The third-order valence-corrected chi connectivity index (χ3v) is 1.97. The van der Waals surface area contributed by atoms with Crippen molar-refractivity contribution < 1.29 is 27.4 Å².